The maximum atomic E-state index is 12.7. The molecule has 218 valence electrons. The van der Waals surface area contributed by atoms with Crippen LogP contribution < -0.4 is 10.9 Å². The molecule has 0 fully saturated rings. The second kappa shape index (κ2) is 13.7. The first-order chi connectivity index (χ1) is 19.3. The number of nitrogens with zero attached hydrogens (tertiary/aromatic N) is 4. The standard InChI is InChI=1S/C31H38BrN5O4/c1-9-20(4)15-25(24-13-14-26(38)37(18-24)19(2)3)34-27(21(5)33-30(39)41-31(6,7)8)29-36-35-28(40-29)23-12-10-11-22(16-23)17-32/h10-16,18-19H,9,17H2,1-8H3,(H,33,39)/b20-15+,27-21+,34-25-. The Morgan fingerprint density at radius 3 is 2.56 bits per heavy atom. The molecule has 0 saturated carbocycles. The van der Waals surface area contributed by atoms with Crippen molar-refractivity contribution in [2.75, 3.05) is 0 Å². The molecule has 3 rings (SSSR count). The third kappa shape index (κ3) is 8.85. The number of pyridine rings is 1. The molecule has 0 saturated heterocycles. The molecule has 1 aromatic carbocycles. The molecule has 2 heterocycles. The lowest BCUT2D eigenvalue weighted by Gasteiger charge is -2.20. The second-order valence-corrected chi connectivity index (χ2v) is 11.5. The zero-order valence-electron chi connectivity index (χ0n) is 24.9. The summed E-state index contributed by atoms with van der Waals surface area (Å²) in [4.78, 5) is 30.1. The Morgan fingerprint density at radius 2 is 1.93 bits per heavy atom. The topological polar surface area (TPSA) is 112 Å². The monoisotopic (exact) mass is 623 g/mol. The fourth-order valence-electron chi connectivity index (χ4n) is 3.73. The van der Waals surface area contributed by atoms with E-state index in [9.17, 15) is 9.59 Å². The van der Waals surface area contributed by atoms with E-state index in [4.69, 9.17) is 14.1 Å². The summed E-state index contributed by atoms with van der Waals surface area (Å²) < 4.78 is 13.2. The maximum Gasteiger partial charge on any atom is 0.411 e. The number of alkyl halides is 1. The first-order valence-electron chi connectivity index (χ1n) is 13.5. The number of carbonyl (C=O) groups excluding carboxylic acids is 1. The molecule has 0 aliphatic rings. The average molecular weight is 625 g/mol. The minimum Gasteiger partial charge on any atom is -0.444 e. The molecule has 1 amide bonds. The van der Waals surface area contributed by atoms with Gasteiger partial charge in [-0.3, -0.25) is 10.1 Å². The predicted molar refractivity (Wildman–Crippen MR) is 166 cm³/mol. The van der Waals surface area contributed by atoms with Crippen molar-refractivity contribution in [2.24, 2.45) is 4.99 Å². The van der Waals surface area contributed by atoms with E-state index >= 15 is 0 Å². The van der Waals surface area contributed by atoms with Crippen molar-refractivity contribution in [3.05, 3.63) is 87.3 Å². The second-order valence-electron chi connectivity index (χ2n) is 10.9. The quantitative estimate of drug-likeness (QED) is 0.196. The summed E-state index contributed by atoms with van der Waals surface area (Å²) in [5.74, 6) is 0.436. The maximum absolute atomic E-state index is 12.7. The lowest BCUT2D eigenvalue weighted by molar-refractivity contribution is 0.0546. The van der Waals surface area contributed by atoms with Crippen LogP contribution in [0, 0.1) is 0 Å². The zero-order chi connectivity index (χ0) is 30.3. The number of benzene rings is 1. The highest BCUT2D eigenvalue weighted by Gasteiger charge is 2.21. The number of amides is 1. The van der Waals surface area contributed by atoms with E-state index < -0.39 is 11.7 Å². The molecule has 10 heteroatoms. The molecule has 41 heavy (non-hydrogen) atoms. The normalized spacial score (nSPS) is 13.3. The number of rotatable bonds is 9. The van der Waals surface area contributed by atoms with Gasteiger partial charge in [0.05, 0.1) is 5.71 Å². The number of allylic oxidation sites excluding steroid dienone is 3. The molecule has 0 bridgehead atoms. The van der Waals surface area contributed by atoms with Gasteiger partial charge in [-0.25, -0.2) is 9.79 Å². The molecular formula is C31H38BrN5O4. The molecular weight excluding hydrogens is 586 g/mol. The molecule has 3 aromatic rings. The van der Waals surface area contributed by atoms with E-state index in [0.717, 1.165) is 28.7 Å². The number of ether oxygens (including phenoxy) is 1. The van der Waals surface area contributed by atoms with Crippen molar-refractivity contribution in [3.8, 4) is 11.5 Å². The van der Waals surface area contributed by atoms with Crippen molar-refractivity contribution in [2.45, 2.75) is 78.8 Å². The van der Waals surface area contributed by atoms with E-state index in [0.29, 0.717) is 22.6 Å². The SMILES string of the molecule is CC/C(C)=C/C(=N/C(=C(\C)NC(=O)OC(C)(C)C)c1nnc(-c2cccc(CBr)c2)o1)c1ccc(=O)n(C(C)C)c1. The minimum absolute atomic E-state index is 0.0423. The summed E-state index contributed by atoms with van der Waals surface area (Å²) >= 11 is 3.48. The third-order valence-electron chi connectivity index (χ3n) is 5.96. The first kappa shape index (κ1) is 31.7. The number of hydrogen-bond donors (Lipinski definition) is 1. The van der Waals surface area contributed by atoms with Gasteiger partial charge in [-0.1, -0.05) is 40.6 Å². The lowest BCUT2D eigenvalue weighted by atomic mass is 10.1. The van der Waals surface area contributed by atoms with E-state index in [1.807, 2.05) is 51.1 Å². The highest BCUT2D eigenvalue weighted by atomic mass is 79.9. The Kier molecular flexibility index (Phi) is 10.6. The Morgan fingerprint density at radius 1 is 1.20 bits per heavy atom. The molecule has 0 spiro atoms. The van der Waals surface area contributed by atoms with Crippen LogP contribution in [0.4, 0.5) is 4.79 Å². The molecule has 2 aromatic heterocycles. The summed E-state index contributed by atoms with van der Waals surface area (Å²) in [5.41, 5.74) is 4.01. The summed E-state index contributed by atoms with van der Waals surface area (Å²) in [6.45, 7) is 15.0. The van der Waals surface area contributed by atoms with E-state index in [-0.39, 0.29) is 23.2 Å². The summed E-state index contributed by atoms with van der Waals surface area (Å²) in [6.07, 6.45) is 3.89. The van der Waals surface area contributed by atoms with Gasteiger partial charge in [-0.2, -0.15) is 0 Å². The van der Waals surface area contributed by atoms with Crippen LogP contribution >= 0.6 is 15.9 Å². The Hall–Kier alpha value is -3.79. The summed E-state index contributed by atoms with van der Waals surface area (Å²) in [5, 5.41) is 12.0. The highest BCUT2D eigenvalue weighted by molar-refractivity contribution is 9.08. The minimum atomic E-state index is -0.692. The summed E-state index contributed by atoms with van der Waals surface area (Å²) in [6, 6.07) is 11.0. The number of hydrogen-bond acceptors (Lipinski definition) is 7. The molecule has 9 nitrogen and oxygen atoms in total. The number of halogens is 1. The zero-order valence-corrected chi connectivity index (χ0v) is 26.5. The molecule has 0 unspecified atom stereocenters. The molecule has 0 atom stereocenters. The molecule has 1 N–H and O–H groups in total. The Labute approximate surface area is 249 Å². The van der Waals surface area contributed by atoms with Gasteiger partial charge in [0.25, 0.3) is 11.4 Å². The van der Waals surface area contributed by atoms with Crippen molar-refractivity contribution in [1.29, 1.82) is 0 Å². The van der Waals surface area contributed by atoms with Gasteiger partial charge >= 0.3 is 6.09 Å². The van der Waals surface area contributed by atoms with Gasteiger partial charge in [-0.15, -0.1) is 10.2 Å². The van der Waals surface area contributed by atoms with E-state index in [2.05, 4.69) is 38.4 Å². The number of carbonyl (C=O) groups is 1. The van der Waals surface area contributed by atoms with Crippen LogP contribution in [-0.2, 0) is 10.1 Å². The van der Waals surface area contributed by atoms with Crippen LogP contribution in [0.2, 0.25) is 0 Å². The number of nitrogens with one attached hydrogen (secondary N) is 1. The fraction of sp³-hybridized carbons (Fsp3) is 0.387. The van der Waals surface area contributed by atoms with Gasteiger partial charge in [0, 0.05) is 40.5 Å². The highest BCUT2D eigenvalue weighted by Crippen LogP contribution is 2.26. The number of alkyl carbamates (subject to hydrolysis) is 1. The van der Waals surface area contributed by atoms with E-state index in [1.54, 1.807) is 44.5 Å². The van der Waals surface area contributed by atoms with Crippen molar-refractivity contribution in [3.63, 3.8) is 0 Å². The molecule has 0 aliphatic carbocycles. The van der Waals surface area contributed by atoms with Crippen LogP contribution in [0.25, 0.3) is 17.2 Å². The Bertz CT molecular complexity index is 1540. The van der Waals surface area contributed by atoms with Crippen LogP contribution in [0.5, 0.6) is 0 Å². The van der Waals surface area contributed by atoms with Gasteiger partial charge in [0.2, 0.25) is 5.89 Å². The van der Waals surface area contributed by atoms with Crippen LogP contribution in [0.1, 0.15) is 84.9 Å². The fourth-order valence-corrected chi connectivity index (χ4v) is 4.07. The average Bonchev–Trinajstić information content (AvgIpc) is 3.39. The number of aliphatic imine (C=N–C) groups is 1. The van der Waals surface area contributed by atoms with Gasteiger partial charge in [0.1, 0.15) is 11.3 Å². The largest absolute Gasteiger partial charge is 0.444 e. The summed E-state index contributed by atoms with van der Waals surface area (Å²) in [7, 11) is 0. The van der Waals surface area contributed by atoms with Crippen molar-refractivity contribution < 1.29 is 13.9 Å². The van der Waals surface area contributed by atoms with Gasteiger partial charge in [-0.05, 0) is 84.7 Å². The first-order valence-corrected chi connectivity index (χ1v) is 14.6. The smallest absolute Gasteiger partial charge is 0.411 e. The number of aromatic nitrogens is 3. The molecule has 0 aliphatic heterocycles. The Balaban J connectivity index is 2.23. The van der Waals surface area contributed by atoms with Crippen LogP contribution in [0.3, 0.4) is 0 Å². The van der Waals surface area contributed by atoms with Crippen molar-refractivity contribution in [1.82, 2.24) is 20.1 Å². The third-order valence-corrected chi connectivity index (χ3v) is 6.61. The van der Waals surface area contributed by atoms with Gasteiger partial charge in [0.15, 0.2) is 0 Å². The van der Waals surface area contributed by atoms with Crippen LogP contribution in [0.15, 0.2) is 74.1 Å². The van der Waals surface area contributed by atoms with Gasteiger partial charge < -0.3 is 13.7 Å². The van der Waals surface area contributed by atoms with E-state index in [1.165, 1.54) is 6.07 Å². The van der Waals surface area contributed by atoms with Crippen LogP contribution in [-0.4, -0.2) is 32.2 Å². The predicted octanol–water partition coefficient (Wildman–Crippen LogP) is 7.43. The lowest BCUT2D eigenvalue weighted by Crippen LogP contribution is -2.31. The van der Waals surface area contributed by atoms with Crippen molar-refractivity contribution >= 4 is 33.4 Å². The molecule has 0 radical (unpaired) electrons.